The van der Waals surface area contributed by atoms with Crippen LogP contribution in [-0.4, -0.2) is 16.7 Å². The number of nitrogens with zero attached hydrogens (tertiary/aromatic N) is 2. The minimum absolute atomic E-state index is 0.0390. The van der Waals surface area contributed by atoms with Gasteiger partial charge in [0.15, 0.2) is 0 Å². The van der Waals surface area contributed by atoms with Gasteiger partial charge in [-0.2, -0.15) is 0 Å². The second-order valence-corrected chi connectivity index (χ2v) is 5.84. The number of fused-ring (bicyclic) bond motifs is 1. The molecular weight excluding hydrogens is 288 g/mol. The Balaban J connectivity index is 2.39. The monoisotopic (exact) mass is 308 g/mol. The fraction of sp³-hybridized carbons (Fsp3) is 0.263. The smallest absolute Gasteiger partial charge is 0.265 e. The number of aromatic nitrogens is 2. The first-order valence-corrected chi connectivity index (χ1v) is 7.72. The Labute approximate surface area is 135 Å². The van der Waals surface area contributed by atoms with Gasteiger partial charge in [-0.25, -0.2) is 4.98 Å². The van der Waals surface area contributed by atoms with Crippen LogP contribution in [0.4, 0.5) is 0 Å². The van der Waals surface area contributed by atoms with Gasteiger partial charge in [-0.05, 0) is 18.2 Å². The molecule has 0 N–H and O–H groups in total. The van der Waals surface area contributed by atoms with Gasteiger partial charge in [-0.3, -0.25) is 9.36 Å². The molecule has 0 saturated carbocycles. The summed E-state index contributed by atoms with van der Waals surface area (Å²) in [5.41, 5.74) is 2.50. The SMILES string of the molecule is COCc1ccccc1-n1c(C(C)C)nc2ccccc2c1=O. The summed E-state index contributed by atoms with van der Waals surface area (Å²) in [6.45, 7) is 4.55. The van der Waals surface area contributed by atoms with Crippen LogP contribution in [0.1, 0.15) is 31.2 Å². The maximum absolute atomic E-state index is 13.1. The van der Waals surface area contributed by atoms with Crippen molar-refractivity contribution < 1.29 is 4.74 Å². The molecule has 4 heteroatoms. The van der Waals surface area contributed by atoms with E-state index in [1.165, 1.54) is 0 Å². The molecular formula is C19H20N2O2. The van der Waals surface area contributed by atoms with Gasteiger partial charge in [0, 0.05) is 18.6 Å². The van der Waals surface area contributed by atoms with E-state index in [1.54, 1.807) is 11.7 Å². The van der Waals surface area contributed by atoms with Crippen molar-refractivity contribution in [2.24, 2.45) is 0 Å². The van der Waals surface area contributed by atoms with E-state index < -0.39 is 0 Å². The number of hydrogen-bond donors (Lipinski definition) is 0. The van der Waals surface area contributed by atoms with Gasteiger partial charge in [0.2, 0.25) is 0 Å². The van der Waals surface area contributed by atoms with E-state index in [-0.39, 0.29) is 11.5 Å². The first-order valence-electron chi connectivity index (χ1n) is 7.72. The highest BCUT2D eigenvalue weighted by molar-refractivity contribution is 5.78. The molecule has 0 amide bonds. The summed E-state index contributed by atoms with van der Waals surface area (Å²) in [7, 11) is 1.65. The van der Waals surface area contributed by atoms with E-state index in [2.05, 4.69) is 0 Å². The Hall–Kier alpha value is -2.46. The predicted molar refractivity (Wildman–Crippen MR) is 92.1 cm³/mol. The van der Waals surface area contributed by atoms with Crippen molar-refractivity contribution in [1.82, 2.24) is 9.55 Å². The quantitative estimate of drug-likeness (QED) is 0.739. The lowest BCUT2D eigenvalue weighted by Gasteiger charge is -2.18. The third-order valence-electron chi connectivity index (χ3n) is 3.85. The van der Waals surface area contributed by atoms with Crippen molar-refractivity contribution in [1.29, 1.82) is 0 Å². The van der Waals surface area contributed by atoms with Gasteiger partial charge < -0.3 is 4.74 Å². The first kappa shape index (κ1) is 15.4. The molecule has 0 atom stereocenters. The summed E-state index contributed by atoms with van der Waals surface area (Å²) in [4.78, 5) is 17.8. The van der Waals surface area contributed by atoms with E-state index >= 15 is 0 Å². The molecule has 0 unspecified atom stereocenters. The van der Waals surface area contributed by atoms with Crippen LogP contribution in [0.25, 0.3) is 16.6 Å². The average Bonchev–Trinajstić information content (AvgIpc) is 2.56. The van der Waals surface area contributed by atoms with Crippen molar-refractivity contribution in [3.05, 3.63) is 70.3 Å². The normalized spacial score (nSPS) is 11.3. The van der Waals surface area contributed by atoms with Gasteiger partial charge in [-0.15, -0.1) is 0 Å². The highest BCUT2D eigenvalue weighted by Crippen LogP contribution is 2.21. The van der Waals surface area contributed by atoms with Crippen LogP contribution in [0.5, 0.6) is 0 Å². The van der Waals surface area contributed by atoms with Gasteiger partial charge in [-0.1, -0.05) is 44.2 Å². The molecule has 4 nitrogen and oxygen atoms in total. The molecule has 0 spiro atoms. The standard InChI is InChI=1S/C19H20N2O2/c1-13(2)18-20-16-10-6-5-9-15(16)19(22)21(18)17-11-7-4-8-14(17)12-23-3/h4-11,13H,12H2,1-3H3. The summed E-state index contributed by atoms with van der Waals surface area (Å²) in [5, 5.41) is 0.629. The number of para-hydroxylation sites is 2. The van der Waals surface area contributed by atoms with Crippen molar-refractivity contribution in [2.75, 3.05) is 7.11 Å². The number of rotatable bonds is 4. The van der Waals surface area contributed by atoms with Crippen LogP contribution in [0.3, 0.4) is 0 Å². The molecule has 0 radical (unpaired) electrons. The summed E-state index contributed by atoms with van der Waals surface area (Å²) in [6, 6.07) is 15.3. The fourth-order valence-corrected chi connectivity index (χ4v) is 2.78. The Kier molecular flexibility index (Phi) is 4.26. The summed E-state index contributed by atoms with van der Waals surface area (Å²) < 4.78 is 7.01. The van der Waals surface area contributed by atoms with Crippen molar-refractivity contribution in [3.8, 4) is 5.69 Å². The Bertz CT molecular complexity index is 897. The molecule has 1 heterocycles. The zero-order valence-electron chi connectivity index (χ0n) is 13.6. The van der Waals surface area contributed by atoms with Crippen LogP contribution in [-0.2, 0) is 11.3 Å². The average molecular weight is 308 g/mol. The van der Waals surface area contributed by atoms with Gasteiger partial charge in [0.25, 0.3) is 5.56 Å². The van der Waals surface area contributed by atoms with Gasteiger partial charge >= 0.3 is 0 Å². The lowest BCUT2D eigenvalue weighted by atomic mass is 10.1. The second-order valence-electron chi connectivity index (χ2n) is 5.84. The molecule has 0 aliphatic carbocycles. The van der Waals surface area contributed by atoms with Crippen molar-refractivity contribution >= 4 is 10.9 Å². The van der Waals surface area contributed by atoms with E-state index in [1.807, 2.05) is 62.4 Å². The molecule has 118 valence electrons. The molecule has 3 rings (SSSR count). The van der Waals surface area contributed by atoms with E-state index in [0.717, 1.165) is 22.6 Å². The molecule has 0 fully saturated rings. The fourth-order valence-electron chi connectivity index (χ4n) is 2.78. The predicted octanol–water partition coefficient (Wildman–Crippen LogP) is 3.66. The third-order valence-corrected chi connectivity index (χ3v) is 3.85. The molecule has 0 aliphatic heterocycles. The molecule has 23 heavy (non-hydrogen) atoms. The molecule has 0 saturated heterocycles. The molecule has 0 aliphatic rings. The van der Waals surface area contributed by atoms with E-state index in [4.69, 9.17) is 9.72 Å². The van der Waals surface area contributed by atoms with Crippen molar-refractivity contribution in [2.45, 2.75) is 26.4 Å². The van der Waals surface area contributed by atoms with Crippen LogP contribution >= 0.6 is 0 Å². The van der Waals surface area contributed by atoms with Gasteiger partial charge in [0.1, 0.15) is 5.82 Å². The lowest BCUT2D eigenvalue weighted by Crippen LogP contribution is -2.25. The maximum atomic E-state index is 13.1. The van der Waals surface area contributed by atoms with E-state index in [0.29, 0.717) is 12.0 Å². The molecule has 2 aromatic carbocycles. The zero-order valence-corrected chi connectivity index (χ0v) is 13.6. The number of hydrogen-bond acceptors (Lipinski definition) is 3. The summed E-state index contributed by atoms with van der Waals surface area (Å²) in [5.74, 6) is 0.889. The minimum atomic E-state index is -0.0390. The Morgan fingerprint density at radius 1 is 1.09 bits per heavy atom. The summed E-state index contributed by atoms with van der Waals surface area (Å²) >= 11 is 0. The largest absolute Gasteiger partial charge is 0.380 e. The van der Waals surface area contributed by atoms with Crippen LogP contribution in [0, 0.1) is 0 Å². The van der Waals surface area contributed by atoms with E-state index in [9.17, 15) is 4.79 Å². The Morgan fingerprint density at radius 3 is 2.52 bits per heavy atom. The Morgan fingerprint density at radius 2 is 1.78 bits per heavy atom. The molecule has 0 bridgehead atoms. The van der Waals surface area contributed by atoms with Gasteiger partial charge in [0.05, 0.1) is 23.2 Å². The highest BCUT2D eigenvalue weighted by Gasteiger charge is 2.17. The van der Waals surface area contributed by atoms with Crippen LogP contribution < -0.4 is 5.56 Å². The summed E-state index contributed by atoms with van der Waals surface area (Å²) in [6.07, 6.45) is 0. The molecule has 3 aromatic rings. The number of benzene rings is 2. The first-order chi connectivity index (χ1) is 11.1. The van der Waals surface area contributed by atoms with Crippen LogP contribution in [0.2, 0.25) is 0 Å². The number of methoxy groups -OCH3 is 1. The lowest BCUT2D eigenvalue weighted by molar-refractivity contribution is 0.184. The molecule has 1 aromatic heterocycles. The highest BCUT2D eigenvalue weighted by atomic mass is 16.5. The topological polar surface area (TPSA) is 44.1 Å². The number of ether oxygens (including phenoxy) is 1. The maximum Gasteiger partial charge on any atom is 0.265 e. The minimum Gasteiger partial charge on any atom is -0.380 e. The third kappa shape index (κ3) is 2.78. The zero-order chi connectivity index (χ0) is 16.4. The van der Waals surface area contributed by atoms with Crippen LogP contribution in [0.15, 0.2) is 53.3 Å². The second kappa shape index (κ2) is 6.34. The van der Waals surface area contributed by atoms with Crippen molar-refractivity contribution in [3.63, 3.8) is 0 Å².